The maximum absolute atomic E-state index is 4.42. The maximum atomic E-state index is 4.42. The van der Waals surface area contributed by atoms with Gasteiger partial charge in [-0.3, -0.25) is 4.99 Å². The van der Waals surface area contributed by atoms with Gasteiger partial charge in [0.15, 0.2) is 0 Å². The van der Waals surface area contributed by atoms with Gasteiger partial charge in [-0.2, -0.15) is 0 Å². The predicted molar refractivity (Wildman–Crippen MR) is 76.7 cm³/mol. The van der Waals surface area contributed by atoms with Gasteiger partial charge in [0.1, 0.15) is 5.84 Å². The van der Waals surface area contributed by atoms with E-state index in [2.05, 4.69) is 54.3 Å². The standard InChI is InChI=1S/C13H19N3.ClH/c1-10-5-4-6-12(11(10)2)16(3)9-13-14-7-8-15-13;/h4-6H,7-9H2,1-3H3,(H,14,15);1H. The Morgan fingerprint density at radius 3 is 2.76 bits per heavy atom. The molecule has 0 spiro atoms. The molecule has 0 aromatic heterocycles. The minimum Gasteiger partial charge on any atom is -0.370 e. The van der Waals surface area contributed by atoms with E-state index in [0.717, 1.165) is 25.5 Å². The van der Waals surface area contributed by atoms with Gasteiger partial charge >= 0.3 is 0 Å². The van der Waals surface area contributed by atoms with Crippen molar-refractivity contribution >= 4 is 23.9 Å². The van der Waals surface area contributed by atoms with E-state index in [1.165, 1.54) is 16.8 Å². The summed E-state index contributed by atoms with van der Waals surface area (Å²) >= 11 is 0. The van der Waals surface area contributed by atoms with Crippen LogP contribution in [0.5, 0.6) is 0 Å². The normalized spacial score (nSPS) is 13.7. The zero-order valence-electron chi connectivity index (χ0n) is 10.7. The molecular formula is C13H20ClN3. The minimum absolute atomic E-state index is 0. The summed E-state index contributed by atoms with van der Waals surface area (Å²) in [6.45, 7) is 7.08. The van der Waals surface area contributed by atoms with Gasteiger partial charge in [-0.25, -0.2) is 0 Å². The highest BCUT2D eigenvalue weighted by atomic mass is 35.5. The van der Waals surface area contributed by atoms with E-state index >= 15 is 0 Å². The second-order valence-corrected chi connectivity index (χ2v) is 4.33. The molecule has 94 valence electrons. The molecule has 1 aromatic rings. The number of aryl methyl sites for hydroxylation is 1. The van der Waals surface area contributed by atoms with Crippen LogP contribution in [0.15, 0.2) is 23.2 Å². The Hall–Kier alpha value is -1.22. The SMILES string of the molecule is Cc1cccc(N(C)CC2=NCCN2)c1C.Cl. The first kappa shape index (κ1) is 13.8. The molecular weight excluding hydrogens is 234 g/mol. The minimum atomic E-state index is 0. The fourth-order valence-electron chi connectivity index (χ4n) is 2.01. The molecule has 0 saturated carbocycles. The van der Waals surface area contributed by atoms with Crippen LogP contribution in [0.4, 0.5) is 5.69 Å². The molecule has 0 saturated heterocycles. The lowest BCUT2D eigenvalue weighted by atomic mass is 10.1. The monoisotopic (exact) mass is 253 g/mol. The van der Waals surface area contributed by atoms with Gasteiger partial charge < -0.3 is 10.2 Å². The average Bonchev–Trinajstić information content (AvgIpc) is 2.74. The molecule has 1 aliphatic rings. The Morgan fingerprint density at radius 2 is 2.12 bits per heavy atom. The van der Waals surface area contributed by atoms with Crippen molar-refractivity contribution in [1.29, 1.82) is 0 Å². The number of nitrogens with one attached hydrogen (secondary N) is 1. The van der Waals surface area contributed by atoms with Gasteiger partial charge in [0.2, 0.25) is 0 Å². The second kappa shape index (κ2) is 5.92. The van der Waals surface area contributed by atoms with Gasteiger partial charge in [-0.1, -0.05) is 12.1 Å². The van der Waals surface area contributed by atoms with Crippen molar-refractivity contribution in [3.63, 3.8) is 0 Å². The highest BCUT2D eigenvalue weighted by Crippen LogP contribution is 2.21. The van der Waals surface area contributed by atoms with Crippen LogP contribution < -0.4 is 10.2 Å². The van der Waals surface area contributed by atoms with Crippen molar-refractivity contribution in [2.45, 2.75) is 13.8 Å². The quantitative estimate of drug-likeness (QED) is 0.894. The van der Waals surface area contributed by atoms with Crippen LogP contribution in [0.3, 0.4) is 0 Å². The van der Waals surface area contributed by atoms with Crippen LogP contribution in [0.2, 0.25) is 0 Å². The zero-order valence-corrected chi connectivity index (χ0v) is 11.5. The third-order valence-corrected chi connectivity index (χ3v) is 3.12. The summed E-state index contributed by atoms with van der Waals surface area (Å²) in [4.78, 5) is 6.67. The van der Waals surface area contributed by atoms with Crippen molar-refractivity contribution in [3.05, 3.63) is 29.3 Å². The first-order chi connectivity index (χ1) is 7.68. The van der Waals surface area contributed by atoms with Crippen LogP contribution in [-0.2, 0) is 0 Å². The van der Waals surface area contributed by atoms with Crippen LogP contribution in [0.1, 0.15) is 11.1 Å². The van der Waals surface area contributed by atoms with Gasteiger partial charge in [0, 0.05) is 19.3 Å². The molecule has 1 aromatic carbocycles. The summed E-state index contributed by atoms with van der Waals surface area (Å²) in [5, 5.41) is 3.30. The number of aliphatic imine (C=N–C) groups is 1. The second-order valence-electron chi connectivity index (χ2n) is 4.33. The van der Waals surface area contributed by atoms with Gasteiger partial charge in [-0.15, -0.1) is 12.4 Å². The zero-order chi connectivity index (χ0) is 11.5. The van der Waals surface area contributed by atoms with E-state index in [1.807, 2.05) is 0 Å². The highest BCUT2D eigenvalue weighted by molar-refractivity contribution is 5.88. The van der Waals surface area contributed by atoms with Crippen molar-refractivity contribution in [1.82, 2.24) is 5.32 Å². The Morgan fingerprint density at radius 1 is 1.35 bits per heavy atom. The first-order valence-corrected chi connectivity index (χ1v) is 5.73. The molecule has 0 fully saturated rings. The van der Waals surface area contributed by atoms with Crippen LogP contribution in [0, 0.1) is 13.8 Å². The summed E-state index contributed by atoms with van der Waals surface area (Å²) in [6.07, 6.45) is 0. The predicted octanol–water partition coefficient (Wildman–Crippen LogP) is 2.16. The van der Waals surface area contributed by atoms with Crippen molar-refractivity contribution in [2.24, 2.45) is 4.99 Å². The molecule has 4 heteroatoms. The molecule has 0 atom stereocenters. The lowest BCUT2D eigenvalue weighted by Crippen LogP contribution is -2.33. The fraction of sp³-hybridized carbons (Fsp3) is 0.462. The summed E-state index contributed by atoms with van der Waals surface area (Å²) in [6, 6.07) is 6.42. The summed E-state index contributed by atoms with van der Waals surface area (Å²) in [7, 11) is 2.12. The lowest BCUT2D eigenvalue weighted by Gasteiger charge is -2.22. The van der Waals surface area contributed by atoms with E-state index < -0.39 is 0 Å². The molecule has 1 heterocycles. The molecule has 2 rings (SSSR count). The van der Waals surface area contributed by atoms with E-state index in [9.17, 15) is 0 Å². The van der Waals surface area contributed by atoms with Crippen LogP contribution in [0.25, 0.3) is 0 Å². The largest absolute Gasteiger partial charge is 0.370 e. The highest BCUT2D eigenvalue weighted by Gasteiger charge is 2.11. The molecule has 0 aliphatic carbocycles. The molecule has 0 amide bonds. The Balaban J connectivity index is 0.00000144. The number of anilines is 1. The number of hydrogen-bond acceptors (Lipinski definition) is 3. The molecule has 0 radical (unpaired) electrons. The molecule has 1 N–H and O–H groups in total. The molecule has 1 aliphatic heterocycles. The number of rotatable bonds is 3. The summed E-state index contributed by atoms with van der Waals surface area (Å²) in [5.74, 6) is 1.10. The van der Waals surface area contributed by atoms with Gasteiger partial charge in [-0.05, 0) is 31.0 Å². The number of halogens is 1. The number of amidine groups is 1. The molecule has 17 heavy (non-hydrogen) atoms. The number of hydrogen-bond donors (Lipinski definition) is 1. The Labute approximate surface area is 109 Å². The van der Waals surface area contributed by atoms with Crippen LogP contribution >= 0.6 is 12.4 Å². The molecule has 0 bridgehead atoms. The van der Waals surface area contributed by atoms with E-state index in [1.54, 1.807) is 0 Å². The van der Waals surface area contributed by atoms with Crippen molar-refractivity contribution in [3.8, 4) is 0 Å². The third-order valence-electron chi connectivity index (χ3n) is 3.12. The maximum Gasteiger partial charge on any atom is 0.116 e. The average molecular weight is 254 g/mol. The smallest absolute Gasteiger partial charge is 0.116 e. The summed E-state index contributed by atoms with van der Waals surface area (Å²) < 4.78 is 0. The van der Waals surface area contributed by atoms with Gasteiger partial charge in [0.25, 0.3) is 0 Å². The van der Waals surface area contributed by atoms with Gasteiger partial charge in [0.05, 0.1) is 13.1 Å². The number of likely N-dealkylation sites (N-methyl/N-ethyl adjacent to an activating group) is 1. The van der Waals surface area contributed by atoms with E-state index in [-0.39, 0.29) is 12.4 Å². The first-order valence-electron chi connectivity index (χ1n) is 5.73. The topological polar surface area (TPSA) is 27.6 Å². The lowest BCUT2D eigenvalue weighted by molar-refractivity contribution is 0.942. The fourth-order valence-corrected chi connectivity index (χ4v) is 2.01. The van der Waals surface area contributed by atoms with Crippen molar-refractivity contribution < 1.29 is 0 Å². The Bertz CT molecular complexity index is 415. The number of benzene rings is 1. The molecule has 3 nitrogen and oxygen atoms in total. The summed E-state index contributed by atoms with van der Waals surface area (Å²) in [5.41, 5.74) is 3.98. The van der Waals surface area contributed by atoms with E-state index in [0.29, 0.717) is 0 Å². The third kappa shape index (κ3) is 3.13. The van der Waals surface area contributed by atoms with E-state index in [4.69, 9.17) is 0 Å². The van der Waals surface area contributed by atoms with Crippen molar-refractivity contribution in [2.75, 3.05) is 31.6 Å². The molecule has 0 unspecified atom stereocenters. The van der Waals surface area contributed by atoms with Crippen LogP contribution in [-0.4, -0.2) is 32.5 Å². The Kier molecular flexibility index (Phi) is 4.82. The number of nitrogens with zero attached hydrogens (tertiary/aromatic N) is 2.